The predicted molar refractivity (Wildman–Crippen MR) is 74.9 cm³/mol. The van der Waals surface area contributed by atoms with E-state index in [0.29, 0.717) is 6.61 Å². The van der Waals surface area contributed by atoms with E-state index in [1.54, 1.807) is 0 Å². The van der Waals surface area contributed by atoms with Crippen molar-refractivity contribution in [2.45, 2.75) is 76.7 Å². The lowest BCUT2D eigenvalue weighted by atomic mass is 10.1. The summed E-state index contributed by atoms with van der Waals surface area (Å²) in [6.07, 6.45) is 1.27. The van der Waals surface area contributed by atoms with Gasteiger partial charge in [0.2, 0.25) is 0 Å². The first-order valence-corrected chi connectivity index (χ1v) is 7.80. The van der Waals surface area contributed by atoms with Crippen molar-refractivity contribution in [2.75, 3.05) is 13.2 Å². The molecule has 0 aromatic rings. The Hall–Kier alpha value is -0.690. The molecule has 0 radical (unpaired) electrons. The highest BCUT2D eigenvalue weighted by Gasteiger charge is 2.50. The van der Waals surface area contributed by atoms with Crippen LogP contribution in [-0.4, -0.2) is 60.9 Å². The van der Waals surface area contributed by atoms with Crippen LogP contribution in [0.1, 0.15) is 40.0 Å². The van der Waals surface area contributed by atoms with Gasteiger partial charge in [0, 0.05) is 0 Å². The van der Waals surface area contributed by atoms with Gasteiger partial charge in [-0.15, -0.1) is 0 Å². The van der Waals surface area contributed by atoms with Gasteiger partial charge in [0.05, 0.1) is 19.3 Å². The highest BCUT2D eigenvalue weighted by molar-refractivity contribution is 5.74. The standard InChI is InChI=1S/C15H26O6/c1-4-5-6-9(2)20-11-7-18-14-12(8-19-13(11)14)21-15(17)10(3)16/h9-14,16H,4-8H2,1-3H3. The summed E-state index contributed by atoms with van der Waals surface area (Å²) < 4.78 is 22.6. The highest BCUT2D eigenvalue weighted by Crippen LogP contribution is 2.31. The van der Waals surface area contributed by atoms with Crippen molar-refractivity contribution < 1.29 is 28.8 Å². The Kier molecular flexibility index (Phi) is 5.98. The maximum absolute atomic E-state index is 11.5. The molecule has 6 unspecified atom stereocenters. The van der Waals surface area contributed by atoms with Crippen LogP contribution in [-0.2, 0) is 23.7 Å². The zero-order valence-electron chi connectivity index (χ0n) is 13.0. The lowest BCUT2D eigenvalue weighted by Crippen LogP contribution is -2.37. The third-order valence-corrected chi connectivity index (χ3v) is 3.94. The number of aliphatic hydroxyl groups is 1. The number of esters is 1. The summed E-state index contributed by atoms with van der Waals surface area (Å²) in [5.41, 5.74) is 0. The number of rotatable bonds is 7. The van der Waals surface area contributed by atoms with Crippen molar-refractivity contribution in [3.8, 4) is 0 Å². The zero-order valence-corrected chi connectivity index (χ0v) is 13.0. The first-order valence-electron chi connectivity index (χ1n) is 7.80. The Morgan fingerprint density at radius 2 is 1.86 bits per heavy atom. The second-order valence-electron chi connectivity index (χ2n) is 5.87. The van der Waals surface area contributed by atoms with Crippen molar-refractivity contribution >= 4 is 5.97 Å². The zero-order chi connectivity index (χ0) is 15.4. The van der Waals surface area contributed by atoms with E-state index >= 15 is 0 Å². The normalized spacial score (nSPS) is 34.5. The topological polar surface area (TPSA) is 74.2 Å². The molecule has 0 spiro atoms. The predicted octanol–water partition coefficient (Wildman–Crippen LogP) is 1.04. The van der Waals surface area contributed by atoms with Crippen LogP contribution in [0.4, 0.5) is 0 Å². The van der Waals surface area contributed by atoms with Gasteiger partial charge in [-0.25, -0.2) is 4.79 Å². The molecule has 6 atom stereocenters. The number of unbranched alkanes of at least 4 members (excludes halogenated alkanes) is 1. The summed E-state index contributed by atoms with van der Waals surface area (Å²) in [6.45, 7) is 6.34. The first-order chi connectivity index (χ1) is 10.0. The molecule has 0 saturated carbocycles. The molecule has 0 bridgehead atoms. The number of hydrogen-bond donors (Lipinski definition) is 1. The summed E-state index contributed by atoms with van der Waals surface area (Å²) in [7, 11) is 0. The van der Waals surface area contributed by atoms with Crippen molar-refractivity contribution in [1.82, 2.24) is 0 Å². The molecule has 21 heavy (non-hydrogen) atoms. The minimum atomic E-state index is -1.13. The first kappa shape index (κ1) is 16.7. The lowest BCUT2D eigenvalue weighted by molar-refractivity contribution is -0.162. The Bertz CT molecular complexity index is 345. The number of fused-ring (bicyclic) bond motifs is 1. The average Bonchev–Trinajstić information content (AvgIpc) is 3.00. The minimum Gasteiger partial charge on any atom is -0.455 e. The summed E-state index contributed by atoms with van der Waals surface area (Å²) in [4.78, 5) is 11.5. The molecule has 122 valence electrons. The van der Waals surface area contributed by atoms with Crippen LogP contribution in [0.5, 0.6) is 0 Å². The smallest absolute Gasteiger partial charge is 0.335 e. The molecule has 2 heterocycles. The van der Waals surface area contributed by atoms with Gasteiger partial charge < -0.3 is 24.1 Å². The van der Waals surface area contributed by atoms with E-state index in [1.165, 1.54) is 6.92 Å². The average molecular weight is 302 g/mol. The molecule has 1 N–H and O–H groups in total. The Labute approximate surface area is 125 Å². The number of ether oxygens (including phenoxy) is 4. The second-order valence-corrected chi connectivity index (χ2v) is 5.87. The SMILES string of the molecule is CCCCC(C)OC1COC2C(OC(=O)C(C)O)COC12. The summed E-state index contributed by atoms with van der Waals surface area (Å²) in [5, 5.41) is 9.19. The van der Waals surface area contributed by atoms with Gasteiger partial charge in [-0.05, 0) is 20.3 Å². The number of carbonyl (C=O) groups excluding carboxylic acids is 1. The van der Waals surface area contributed by atoms with Gasteiger partial charge in [-0.2, -0.15) is 0 Å². The van der Waals surface area contributed by atoms with E-state index in [1.807, 2.05) is 0 Å². The number of hydrogen-bond acceptors (Lipinski definition) is 6. The fourth-order valence-corrected chi connectivity index (χ4v) is 2.75. The minimum absolute atomic E-state index is 0.114. The van der Waals surface area contributed by atoms with Gasteiger partial charge in [-0.3, -0.25) is 0 Å². The van der Waals surface area contributed by atoms with Crippen molar-refractivity contribution in [3.05, 3.63) is 0 Å². The van der Waals surface area contributed by atoms with Crippen molar-refractivity contribution in [1.29, 1.82) is 0 Å². The highest BCUT2D eigenvalue weighted by atomic mass is 16.7. The van der Waals surface area contributed by atoms with Crippen molar-refractivity contribution in [3.63, 3.8) is 0 Å². The van der Waals surface area contributed by atoms with Crippen LogP contribution in [0.15, 0.2) is 0 Å². The third kappa shape index (κ3) is 4.16. The van der Waals surface area contributed by atoms with Gasteiger partial charge in [0.1, 0.15) is 24.4 Å². The van der Waals surface area contributed by atoms with Gasteiger partial charge >= 0.3 is 5.97 Å². The maximum Gasteiger partial charge on any atom is 0.335 e. The number of aliphatic hydroxyl groups excluding tert-OH is 1. The molecule has 2 fully saturated rings. The number of carbonyl (C=O) groups is 1. The van der Waals surface area contributed by atoms with E-state index in [-0.39, 0.29) is 31.0 Å². The molecule has 0 amide bonds. The van der Waals surface area contributed by atoms with E-state index in [0.717, 1.165) is 19.3 Å². The van der Waals surface area contributed by atoms with Crippen LogP contribution in [0, 0.1) is 0 Å². The van der Waals surface area contributed by atoms with E-state index in [4.69, 9.17) is 18.9 Å². The Balaban J connectivity index is 1.82. The van der Waals surface area contributed by atoms with Crippen LogP contribution in [0.3, 0.4) is 0 Å². The molecular formula is C15H26O6. The van der Waals surface area contributed by atoms with Crippen molar-refractivity contribution in [2.24, 2.45) is 0 Å². The molecule has 2 rings (SSSR count). The Morgan fingerprint density at radius 1 is 1.24 bits per heavy atom. The van der Waals surface area contributed by atoms with Crippen LogP contribution in [0.2, 0.25) is 0 Å². The van der Waals surface area contributed by atoms with Gasteiger partial charge in [-0.1, -0.05) is 19.8 Å². The monoisotopic (exact) mass is 302 g/mol. The molecule has 0 aromatic carbocycles. The van der Waals surface area contributed by atoms with Gasteiger partial charge in [0.15, 0.2) is 6.10 Å². The van der Waals surface area contributed by atoms with Gasteiger partial charge in [0.25, 0.3) is 0 Å². The molecule has 2 aliphatic rings. The summed E-state index contributed by atoms with van der Waals surface area (Å²) in [5.74, 6) is -0.645. The molecule has 0 aliphatic carbocycles. The molecule has 0 aromatic heterocycles. The summed E-state index contributed by atoms with van der Waals surface area (Å²) >= 11 is 0. The second kappa shape index (κ2) is 7.54. The maximum atomic E-state index is 11.5. The van der Waals surface area contributed by atoms with Crippen LogP contribution >= 0.6 is 0 Å². The fourth-order valence-electron chi connectivity index (χ4n) is 2.75. The van der Waals surface area contributed by atoms with E-state index in [2.05, 4.69) is 13.8 Å². The third-order valence-electron chi connectivity index (χ3n) is 3.94. The van der Waals surface area contributed by atoms with E-state index in [9.17, 15) is 9.90 Å². The Morgan fingerprint density at radius 3 is 2.48 bits per heavy atom. The molecule has 2 saturated heterocycles. The molecular weight excluding hydrogens is 276 g/mol. The molecule has 6 heteroatoms. The van der Waals surface area contributed by atoms with Crippen LogP contribution in [0.25, 0.3) is 0 Å². The fraction of sp³-hybridized carbons (Fsp3) is 0.933. The largest absolute Gasteiger partial charge is 0.455 e. The molecule has 6 nitrogen and oxygen atoms in total. The van der Waals surface area contributed by atoms with E-state index < -0.39 is 18.2 Å². The van der Waals surface area contributed by atoms with Crippen LogP contribution < -0.4 is 0 Å². The quantitative estimate of drug-likeness (QED) is 0.708. The lowest BCUT2D eigenvalue weighted by Gasteiger charge is -2.21. The molecule has 2 aliphatic heterocycles. The summed E-state index contributed by atoms with van der Waals surface area (Å²) in [6, 6.07) is 0.